The van der Waals surface area contributed by atoms with E-state index in [-0.39, 0.29) is 91.0 Å². The van der Waals surface area contributed by atoms with Crippen molar-refractivity contribution < 1.29 is 61.9 Å². The SMILES string of the molecule is CC(=O)OCC1OC(OCCCCC(=O)NCCCC[C@H](NC(=O)CCCCOC2OC(COC(C)=O)C(C)C(C)C2C)C(=O)CCCCCCC(=O)OC(C)(C)C)C(C)C(C)C1C. The highest BCUT2D eigenvalue weighted by molar-refractivity contribution is 5.89. The van der Waals surface area contributed by atoms with E-state index in [0.29, 0.717) is 109 Å². The molecule has 0 bridgehead atoms. The first-order chi connectivity index (χ1) is 30.2. The Balaban J connectivity index is 1.77. The molecule has 2 fully saturated rings. The third-order valence-corrected chi connectivity index (χ3v) is 13.0. The van der Waals surface area contributed by atoms with Crippen LogP contribution in [0.15, 0.2) is 0 Å². The number of Topliss-reactive ketones (excluding diaryl/α,β-unsaturated/α-hetero) is 1. The summed E-state index contributed by atoms with van der Waals surface area (Å²) < 4.78 is 40.3. The van der Waals surface area contributed by atoms with E-state index in [1.54, 1.807) is 0 Å². The molecule has 15 nitrogen and oxygen atoms in total. The second-order valence-corrected chi connectivity index (χ2v) is 19.4. The smallest absolute Gasteiger partial charge is 0.306 e. The molecule has 0 radical (unpaired) electrons. The van der Waals surface area contributed by atoms with Gasteiger partial charge in [0.25, 0.3) is 0 Å². The van der Waals surface area contributed by atoms with Gasteiger partial charge in [0.1, 0.15) is 18.8 Å². The third-order valence-electron chi connectivity index (χ3n) is 13.0. The lowest BCUT2D eigenvalue weighted by atomic mass is 9.79. The number of carbonyl (C=O) groups is 6. The van der Waals surface area contributed by atoms with Crippen LogP contribution in [0.5, 0.6) is 0 Å². The minimum absolute atomic E-state index is 0.0120. The zero-order valence-electron chi connectivity index (χ0n) is 41.3. The van der Waals surface area contributed by atoms with Gasteiger partial charge in [0, 0.05) is 71.1 Å². The van der Waals surface area contributed by atoms with Crippen LogP contribution >= 0.6 is 0 Å². The summed E-state index contributed by atoms with van der Waals surface area (Å²) in [5, 5.41) is 5.97. The zero-order chi connectivity index (χ0) is 47.8. The monoisotopic (exact) mass is 911 g/mol. The predicted molar refractivity (Wildman–Crippen MR) is 243 cm³/mol. The van der Waals surface area contributed by atoms with Gasteiger partial charge in [-0.2, -0.15) is 0 Å². The first kappa shape index (κ1) is 57.0. The highest BCUT2D eigenvalue weighted by Crippen LogP contribution is 2.37. The van der Waals surface area contributed by atoms with Crippen LogP contribution in [0, 0.1) is 35.5 Å². The van der Waals surface area contributed by atoms with Crippen LogP contribution in [0.3, 0.4) is 0 Å². The summed E-state index contributed by atoms with van der Waals surface area (Å²) >= 11 is 0. The van der Waals surface area contributed by atoms with E-state index >= 15 is 0 Å². The zero-order valence-corrected chi connectivity index (χ0v) is 41.3. The summed E-state index contributed by atoms with van der Waals surface area (Å²) in [6.45, 7) is 22.8. The van der Waals surface area contributed by atoms with Gasteiger partial charge in [-0.3, -0.25) is 28.8 Å². The summed E-state index contributed by atoms with van der Waals surface area (Å²) in [6.07, 6.45) is 7.33. The van der Waals surface area contributed by atoms with Gasteiger partial charge in [0.05, 0.1) is 18.2 Å². The number of rotatable bonds is 30. The molecule has 0 saturated carbocycles. The fourth-order valence-corrected chi connectivity index (χ4v) is 8.17. The molecular weight excluding hydrogens is 825 g/mol. The maximum Gasteiger partial charge on any atom is 0.306 e. The van der Waals surface area contributed by atoms with E-state index in [9.17, 15) is 28.8 Å². The average Bonchev–Trinajstić information content (AvgIpc) is 3.22. The second kappa shape index (κ2) is 30.2. The Labute approximate surface area is 384 Å². The van der Waals surface area contributed by atoms with Gasteiger partial charge in [0.15, 0.2) is 18.4 Å². The van der Waals surface area contributed by atoms with Crippen molar-refractivity contribution >= 4 is 35.5 Å². The van der Waals surface area contributed by atoms with Gasteiger partial charge >= 0.3 is 17.9 Å². The number of hydrogen-bond donors (Lipinski definition) is 2. The molecule has 15 heteroatoms. The number of ether oxygens (including phenoxy) is 7. The van der Waals surface area contributed by atoms with Gasteiger partial charge in [-0.05, 0) is 102 Å². The van der Waals surface area contributed by atoms with E-state index in [4.69, 9.17) is 33.2 Å². The van der Waals surface area contributed by atoms with Crippen molar-refractivity contribution in [3.05, 3.63) is 0 Å². The maximum absolute atomic E-state index is 13.4. The van der Waals surface area contributed by atoms with Crippen LogP contribution in [0.25, 0.3) is 0 Å². The summed E-state index contributed by atoms with van der Waals surface area (Å²) in [4.78, 5) is 73.9. The van der Waals surface area contributed by atoms with Crippen LogP contribution in [0.4, 0.5) is 0 Å². The number of nitrogens with one attached hydrogen (secondary N) is 2. The fourth-order valence-electron chi connectivity index (χ4n) is 8.17. The molecule has 11 atom stereocenters. The number of carbonyl (C=O) groups excluding carboxylic acids is 6. The lowest BCUT2D eigenvalue weighted by molar-refractivity contribution is -0.255. The lowest BCUT2D eigenvalue weighted by Crippen LogP contribution is -2.47. The van der Waals surface area contributed by atoms with Gasteiger partial charge in [-0.1, -0.05) is 54.4 Å². The molecule has 10 unspecified atom stereocenters. The van der Waals surface area contributed by atoms with Crippen molar-refractivity contribution in [1.82, 2.24) is 10.6 Å². The van der Waals surface area contributed by atoms with Crippen molar-refractivity contribution in [2.75, 3.05) is 33.0 Å². The van der Waals surface area contributed by atoms with E-state index < -0.39 is 24.2 Å². The van der Waals surface area contributed by atoms with Gasteiger partial charge in [-0.15, -0.1) is 0 Å². The molecule has 64 heavy (non-hydrogen) atoms. The van der Waals surface area contributed by atoms with E-state index in [0.717, 1.165) is 12.8 Å². The molecule has 2 aliphatic rings. The van der Waals surface area contributed by atoms with Crippen molar-refractivity contribution in [1.29, 1.82) is 0 Å². The van der Waals surface area contributed by atoms with Crippen molar-refractivity contribution in [2.24, 2.45) is 35.5 Å². The molecule has 0 aliphatic carbocycles. The minimum atomic E-state index is -0.616. The normalized spacial score (nSPS) is 26.4. The number of hydrogen-bond acceptors (Lipinski definition) is 13. The summed E-state index contributed by atoms with van der Waals surface area (Å²) in [7, 11) is 0. The predicted octanol–water partition coefficient (Wildman–Crippen LogP) is 7.78. The largest absolute Gasteiger partial charge is 0.463 e. The number of esters is 3. The lowest BCUT2D eigenvalue weighted by Gasteiger charge is -2.43. The van der Waals surface area contributed by atoms with Crippen molar-refractivity contribution in [2.45, 2.75) is 209 Å². The Hall–Kier alpha value is -3.14. The van der Waals surface area contributed by atoms with Crippen LogP contribution in [0.2, 0.25) is 0 Å². The van der Waals surface area contributed by atoms with Crippen molar-refractivity contribution in [3.63, 3.8) is 0 Å². The fraction of sp³-hybridized carbons (Fsp3) is 0.878. The van der Waals surface area contributed by atoms with E-state index in [1.807, 2.05) is 20.8 Å². The molecule has 2 N–H and O–H groups in total. The maximum atomic E-state index is 13.4. The number of unbranched alkanes of at least 4 members (excludes halogenated alkanes) is 6. The molecule has 2 rings (SSSR count). The van der Waals surface area contributed by atoms with Crippen LogP contribution in [-0.2, 0) is 61.9 Å². The molecule has 2 saturated heterocycles. The Morgan fingerprint density at radius 2 is 1.02 bits per heavy atom. The van der Waals surface area contributed by atoms with Gasteiger partial charge in [-0.25, -0.2) is 0 Å². The first-order valence-electron chi connectivity index (χ1n) is 24.3. The van der Waals surface area contributed by atoms with E-state index in [2.05, 4.69) is 52.2 Å². The summed E-state index contributed by atoms with van der Waals surface area (Å²) in [5.41, 5.74) is -0.513. The molecule has 2 heterocycles. The molecule has 0 aromatic carbocycles. The first-order valence-corrected chi connectivity index (χ1v) is 24.3. The Morgan fingerprint density at radius 1 is 0.547 bits per heavy atom. The van der Waals surface area contributed by atoms with Crippen molar-refractivity contribution in [3.8, 4) is 0 Å². The highest BCUT2D eigenvalue weighted by atomic mass is 16.7. The molecule has 0 aromatic heterocycles. The molecular formula is C49H86N2O13. The van der Waals surface area contributed by atoms with Gasteiger partial charge < -0.3 is 43.8 Å². The highest BCUT2D eigenvalue weighted by Gasteiger charge is 2.41. The average molecular weight is 911 g/mol. The molecule has 2 aliphatic heterocycles. The van der Waals surface area contributed by atoms with Crippen LogP contribution in [0.1, 0.15) is 172 Å². The molecule has 0 spiro atoms. The third kappa shape index (κ3) is 22.9. The van der Waals surface area contributed by atoms with Gasteiger partial charge in [0.2, 0.25) is 11.8 Å². The van der Waals surface area contributed by atoms with Crippen LogP contribution in [-0.4, -0.2) is 105 Å². The Bertz CT molecular complexity index is 1420. The minimum Gasteiger partial charge on any atom is -0.463 e. The quantitative estimate of drug-likeness (QED) is 0.0404. The standard InChI is InChI=1S/C49H86N2O13/c1-32-34(3)42(30-60-38(7)52)62-47(36(32)5)58-28-20-17-24-44(55)50-27-19-16-22-40(41(54)23-14-12-13-15-26-46(57)64-49(9,10)11)51-45(56)25-18-21-29-59-48-37(6)33(2)35(4)43(63-48)31-61-39(8)53/h32-37,40,42-43,47-48H,12-31H2,1-11H3,(H,50,55)(H,51,56)/t32?,33?,34?,35?,36?,37?,40-,42?,43?,47?,48?/m0/s1. The number of amides is 2. The molecule has 0 aromatic rings. The topological polar surface area (TPSA) is 191 Å². The van der Waals surface area contributed by atoms with Crippen LogP contribution < -0.4 is 10.6 Å². The summed E-state index contributed by atoms with van der Waals surface area (Å²) in [6, 6.07) is -0.616. The molecule has 370 valence electrons. The second-order valence-electron chi connectivity index (χ2n) is 19.4. The number of ketones is 1. The van der Waals surface area contributed by atoms with E-state index in [1.165, 1.54) is 13.8 Å². The molecule has 2 amide bonds. The Kier molecular flexibility index (Phi) is 26.9. The summed E-state index contributed by atoms with van der Waals surface area (Å²) in [5.74, 6) is 0.258. The Morgan fingerprint density at radius 3 is 1.50 bits per heavy atom.